The number of carbonyl (C=O) groups excluding carboxylic acids is 1. The standard InChI is InChI=1S/C11H10FNO3/c1-7(11(15)16)6-10(14)13-9-5-3-2-4-8(9)12/h2-6H,1H3,(H,13,14)(H,15,16)/b7-6+. The number of carbonyl (C=O) groups is 2. The van der Waals surface area contributed by atoms with Crippen molar-refractivity contribution in [2.45, 2.75) is 6.92 Å². The molecule has 16 heavy (non-hydrogen) atoms. The van der Waals surface area contributed by atoms with Crippen molar-refractivity contribution in [3.8, 4) is 0 Å². The van der Waals surface area contributed by atoms with E-state index in [1.165, 1.54) is 25.1 Å². The minimum absolute atomic E-state index is 0.0157. The fourth-order valence-corrected chi connectivity index (χ4v) is 0.990. The molecule has 84 valence electrons. The summed E-state index contributed by atoms with van der Waals surface area (Å²) in [5, 5.41) is 10.8. The molecule has 0 saturated heterocycles. The van der Waals surface area contributed by atoms with Crippen LogP contribution in [0.25, 0.3) is 0 Å². The Labute approximate surface area is 91.4 Å². The third-order valence-electron chi connectivity index (χ3n) is 1.82. The molecule has 0 aliphatic rings. The summed E-state index contributed by atoms with van der Waals surface area (Å²) < 4.78 is 13.1. The first-order chi connectivity index (χ1) is 7.50. The van der Waals surface area contributed by atoms with Crippen LogP contribution >= 0.6 is 0 Å². The van der Waals surface area contributed by atoms with E-state index in [1.54, 1.807) is 6.07 Å². The third-order valence-corrected chi connectivity index (χ3v) is 1.82. The fourth-order valence-electron chi connectivity index (χ4n) is 0.990. The molecule has 1 aromatic rings. The lowest BCUT2D eigenvalue weighted by Crippen LogP contribution is -2.11. The number of para-hydroxylation sites is 1. The second-order valence-corrected chi connectivity index (χ2v) is 3.10. The summed E-state index contributed by atoms with van der Waals surface area (Å²) in [5.74, 6) is -2.44. The van der Waals surface area contributed by atoms with Crippen LogP contribution in [0.2, 0.25) is 0 Å². The Morgan fingerprint density at radius 2 is 2.00 bits per heavy atom. The van der Waals surface area contributed by atoms with Gasteiger partial charge in [0.25, 0.3) is 0 Å². The number of carboxylic acid groups (broad SMARTS) is 1. The summed E-state index contributed by atoms with van der Waals surface area (Å²) in [4.78, 5) is 21.7. The molecule has 0 aliphatic carbocycles. The van der Waals surface area contributed by atoms with Crippen LogP contribution in [0.15, 0.2) is 35.9 Å². The second kappa shape index (κ2) is 5.06. The molecule has 0 aromatic heterocycles. The molecule has 0 unspecified atom stereocenters. The van der Waals surface area contributed by atoms with Crippen LogP contribution in [0.3, 0.4) is 0 Å². The molecule has 0 spiro atoms. The van der Waals surface area contributed by atoms with E-state index >= 15 is 0 Å². The Morgan fingerprint density at radius 1 is 1.38 bits per heavy atom. The molecule has 0 saturated carbocycles. The summed E-state index contributed by atoms with van der Waals surface area (Å²) in [5.41, 5.74) is -0.101. The lowest BCUT2D eigenvalue weighted by Gasteiger charge is -2.03. The van der Waals surface area contributed by atoms with Crippen LogP contribution in [0.4, 0.5) is 10.1 Å². The first-order valence-corrected chi connectivity index (χ1v) is 4.48. The first-order valence-electron chi connectivity index (χ1n) is 4.48. The Bertz CT molecular complexity index is 454. The van der Waals surface area contributed by atoms with E-state index in [9.17, 15) is 14.0 Å². The van der Waals surface area contributed by atoms with Crippen molar-refractivity contribution in [1.29, 1.82) is 0 Å². The summed E-state index contributed by atoms with van der Waals surface area (Å²) >= 11 is 0. The highest BCUT2D eigenvalue weighted by atomic mass is 19.1. The van der Waals surface area contributed by atoms with Gasteiger partial charge in [0.15, 0.2) is 0 Å². The summed E-state index contributed by atoms with van der Waals surface area (Å²) in [6, 6.07) is 5.64. The summed E-state index contributed by atoms with van der Waals surface area (Å²) in [6.45, 7) is 1.28. The highest BCUT2D eigenvalue weighted by Gasteiger charge is 2.06. The topological polar surface area (TPSA) is 66.4 Å². The molecular formula is C11H10FNO3. The van der Waals surface area contributed by atoms with Gasteiger partial charge >= 0.3 is 5.97 Å². The average molecular weight is 223 g/mol. The molecule has 0 fully saturated rings. The molecule has 0 aliphatic heterocycles. The molecule has 1 aromatic carbocycles. The van der Waals surface area contributed by atoms with Crippen LogP contribution in [0.5, 0.6) is 0 Å². The van der Waals surface area contributed by atoms with E-state index < -0.39 is 17.7 Å². The van der Waals surface area contributed by atoms with Crippen molar-refractivity contribution in [3.63, 3.8) is 0 Å². The third kappa shape index (κ3) is 3.20. The number of hydrogen-bond donors (Lipinski definition) is 2. The van der Waals surface area contributed by atoms with E-state index in [1.807, 2.05) is 0 Å². The number of amides is 1. The van der Waals surface area contributed by atoms with E-state index in [0.717, 1.165) is 6.08 Å². The van der Waals surface area contributed by atoms with Crippen LogP contribution in [-0.4, -0.2) is 17.0 Å². The van der Waals surface area contributed by atoms with E-state index in [0.29, 0.717) is 0 Å². The Balaban J connectivity index is 2.77. The number of hydrogen-bond acceptors (Lipinski definition) is 2. The van der Waals surface area contributed by atoms with E-state index in [-0.39, 0.29) is 11.3 Å². The number of nitrogens with one attached hydrogen (secondary N) is 1. The highest BCUT2D eigenvalue weighted by molar-refractivity contribution is 6.04. The van der Waals surface area contributed by atoms with Gasteiger partial charge in [-0.25, -0.2) is 9.18 Å². The van der Waals surface area contributed by atoms with Crippen molar-refractivity contribution in [2.75, 3.05) is 5.32 Å². The number of anilines is 1. The first kappa shape index (κ1) is 11.9. The fraction of sp³-hybridized carbons (Fsp3) is 0.0909. The number of carboxylic acids is 1. The molecule has 0 atom stereocenters. The molecular weight excluding hydrogens is 213 g/mol. The lowest BCUT2D eigenvalue weighted by molar-refractivity contribution is -0.132. The summed E-state index contributed by atoms with van der Waals surface area (Å²) in [6.07, 6.45) is 0.898. The molecule has 2 N–H and O–H groups in total. The van der Waals surface area contributed by atoms with Crippen molar-refractivity contribution in [2.24, 2.45) is 0 Å². The molecule has 4 nitrogen and oxygen atoms in total. The predicted molar refractivity (Wildman–Crippen MR) is 56.4 cm³/mol. The zero-order chi connectivity index (χ0) is 12.1. The van der Waals surface area contributed by atoms with Gasteiger partial charge in [-0.3, -0.25) is 4.79 Å². The smallest absolute Gasteiger partial charge is 0.331 e. The monoisotopic (exact) mass is 223 g/mol. The zero-order valence-corrected chi connectivity index (χ0v) is 8.53. The van der Waals surface area contributed by atoms with E-state index in [2.05, 4.69) is 5.32 Å². The molecule has 5 heteroatoms. The van der Waals surface area contributed by atoms with Crippen LogP contribution in [0.1, 0.15) is 6.92 Å². The van der Waals surface area contributed by atoms with Crippen LogP contribution < -0.4 is 5.32 Å². The molecule has 1 amide bonds. The van der Waals surface area contributed by atoms with Gasteiger partial charge < -0.3 is 10.4 Å². The van der Waals surface area contributed by atoms with Crippen LogP contribution in [-0.2, 0) is 9.59 Å². The van der Waals surface area contributed by atoms with Gasteiger partial charge in [0.1, 0.15) is 5.82 Å². The normalized spacial score (nSPS) is 11.0. The largest absolute Gasteiger partial charge is 0.478 e. The Hall–Kier alpha value is -2.17. The van der Waals surface area contributed by atoms with Crippen molar-refractivity contribution >= 4 is 17.6 Å². The quantitative estimate of drug-likeness (QED) is 0.768. The maximum atomic E-state index is 13.1. The number of aliphatic carboxylic acids is 1. The van der Waals surface area contributed by atoms with Crippen molar-refractivity contribution in [1.82, 2.24) is 0 Å². The molecule has 1 rings (SSSR count). The minimum atomic E-state index is -1.19. The molecule has 0 heterocycles. The maximum absolute atomic E-state index is 13.1. The minimum Gasteiger partial charge on any atom is -0.478 e. The van der Waals surface area contributed by atoms with Gasteiger partial charge in [0.05, 0.1) is 5.69 Å². The zero-order valence-electron chi connectivity index (χ0n) is 8.53. The molecule has 0 radical (unpaired) electrons. The lowest BCUT2D eigenvalue weighted by atomic mass is 10.2. The van der Waals surface area contributed by atoms with E-state index in [4.69, 9.17) is 5.11 Å². The van der Waals surface area contributed by atoms with Gasteiger partial charge in [0, 0.05) is 11.6 Å². The van der Waals surface area contributed by atoms with Gasteiger partial charge in [-0.15, -0.1) is 0 Å². The summed E-state index contributed by atoms with van der Waals surface area (Å²) in [7, 11) is 0. The Kier molecular flexibility index (Phi) is 3.77. The number of benzene rings is 1. The molecule has 0 bridgehead atoms. The predicted octanol–water partition coefficient (Wildman–Crippen LogP) is 1.80. The van der Waals surface area contributed by atoms with Crippen molar-refractivity contribution < 1.29 is 19.1 Å². The average Bonchev–Trinajstić information content (AvgIpc) is 2.21. The van der Waals surface area contributed by atoms with Gasteiger partial charge in [-0.05, 0) is 19.1 Å². The SMILES string of the molecule is C/C(=C\C(=O)Nc1ccccc1F)C(=O)O. The number of halogens is 1. The van der Waals surface area contributed by atoms with Crippen LogP contribution in [0, 0.1) is 5.82 Å². The van der Waals surface area contributed by atoms with Gasteiger partial charge in [0.2, 0.25) is 5.91 Å². The van der Waals surface area contributed by atoms with Crippen molar-refractivity contribution in [3.05, 3.63) is 41.7 Å². The van der Waals surface area contributed by atoms with Gasteiger partial charge in [-0.2, -0.15) is 0 Å². The number of rotatable bonds is 3. The van der Waals surface area contributed by atoms with Gasteiger partial charge in [-0.1, -0.05) is 12.1 Å². The maximum Gasteiger partial charge on any atom is 0.331 e. The second-order valence-electron chi connectivity index (χ2n) is 3.10. The Morgan fingerprint density at radius 3 is 2.56 bits per heavy atom. The highest BCUT2D eigenvalue weighted by Crippen LogP contribution is 2.12.